The highest BCUT2D eigenvalue weighted by atomic mass is 32.1. The van der Waals surface area contributed by atoms with Crippen molar-refractivity contribution in [2.75, 3.05) is 14.2 Å². The Bertz CT molecular complexity index is 1160. The molecule has 0 unspecified atom stereocenters. The molecule has 0 radical (unpaired) electrons. The molecule has 4 aromatic rings. The third kappa shape index (κ3) is 3.97. The van der Waals surface area contributed by atoms with Gasteiger partial charge in [-0.25, -0.2) is 4.98 Å². The van der Waals surface area contributed by atoms with E-state index in [2.05, 4.69) is 10.3 Å². The van der Waals surface area contributed by atoms with Gasteiger partial charge in [0.15, 0.2) is 16.5 Å². The number of nitrogens with one attached hydrogen (secondary N) is 1. The Labute approximate surface area is 171 Å². The van der Waals surface area contributed by atoms with Crippen LogP contribution in [0.15, 0.2) is 46.3 Å². The van der Waals surface area contributed by atoms with E-state index in [1.165, 1.54) is 11.3 Å². The van der Waals surface area contributed by atoms with Crippen LogP contribution in [0.3, 0.4) is 0 Å². The molecular weight excluding hydrogens is 390 g/mol. The number of aromatic nitrogens is 2. The van der Waals surface area contributed by atoms with Crippen molar-refractivity contribution < 1.29 is 18.7 Å². The van der Waals surface area contributed by atoms with Gasteiger partial charge in [0.1, 0.15) is 11.5 Å². The molecule has 4 rings (SSSR count). The molecule has 7 nitrogen and oxygen atoms in total. The molecule has 0 fully saturated rings. The maximum absolute atomic E-state index is 12.4. The number of carbonyl (C=O) groups excluding carboxylic acids is 1. The molecule has 3 heterocycles. The number of thiazole rings is 1. The van der Waals surface area contributed by atoms with Crippen molar-refractivity contribution in [2.24, 2.45) is 0 Å². The molecule has 0 spiro atoms. The van der Waals surface area contributed by atoms with Gasteiger partial charge in [0.05, 0.1) is 32.9 Å². The highest BCUT2D eigenvalue weighted by Gasteiger charge is 2.14. The zero-order valence-corrected chi connectivity index (χ0v) is 17.2. The Morgan fingerprint density at radius 1 is 1.21 bits per heavy atom. The minimum Gasteiger partial charge on any atom is -0.493 e. The van der Waals surface area contributed by atoms with Crippen LogP contribution in [0.4, 0.5) is 0 Å². The normalized spacial score (nSPS) is 11.0. The fourth-order valence-electron chi connectivity index (χ4n) is 3.08. The van der Waals surface area contributed by atoms with Gasteiger partial charge < -0.3 is 19.2 Å². The van der Waals surface area contributed by atoms with Crippen molar-refractivity contribution in [1.29, 1.82) is 0 Å². The van der Waals surface area contributed by atoms with Crippen LogP contribution in [0.5, 0.6) is 11.5 Å². The Morgan fingerprint density at radius 3 is 2.76 bits per heavy atom. The molecule has 1 aromatic carbocycles. The predicted octanol–water partition coefficient (Wildman–Crippen LogP) is 3.84. The lowest BCUT2D eigenvalue weighted by Crippen LogP contribution is -2.24. The molecule has 0 atom stereocenters. The maximum Gasteiger partial charge on any atom is 0.226 e. The fourth-order valence-corrected chi connectivity index (χ4v) is 3.96. The van der Waals surface area contributed by atoms with E-state index in [0.717, 1.165) is 33.4 Å². The van der Waals surface area contributed by atoms with Gasteiger partial charge >= 0.3 is 0 Å². The number of imidazole rings is 1. The molecule has 29 heavy (non-hydrogen) atoms. The number of furan rings is 1. The largest absolute Gasteiger partial charge is 0.493 e. The first-order chi connectivity index (χ1) is 14.1. The third-order valence-electron chi connectivity index (χ3n) is 4.56. The third-order valence-corrected chi connectivity index (χ3v) is 5.45. The number of methoxy groups -OCH3 is 2. The van der Waals surface area contributed by atoms with Crippen molar-refractivity contribution in [3.8, 4) is 22.8 Å². The number of hydrogen-bond acceptors (Lipinski definition) is 6. The summed E-state index contributed by atoms with van der Waals surface area (Å²) in [6.07, 6.45) is 2.20. The molecule has 0 aliphatic heterocycles. The second-order valence-corrected chi connectivity index (χ2v) is 7.38. The zero-order chi connectivity index (χ0) is 20.4. The van der Waals surface area contributed by atoms with Crippen molar-refractivity contribution in [2.45, 2.75) is 19.9 Å². The number of rotatable bonds is 7. The van der Waals surface area contributed by atoms with Crippen LogP contribution in [0.2, 0.25) is 0 Å². The molecule has 1 amide bonds. The Hall–Kier alpha value is -3.26. The van der Waals surface area contributed by atoms with Crippen LogP contribution < -0.4 is 14.8 Å². The summed E-state index contributed by atoms with van der Waals surface area (Å²) in [4.78, 5) is 17.9. The first kappa shape index (κ1) is 19.1. The number of fused-ring (bicyclic) bond motifs is 1. The molecule has 3 aromatic heterocycles. The number of carbonyl (C=O) groups is 1. The first-order valence-corrected chi connectivity index (χ1v) is 9.95. The summed E-state index contributed by atoms with van der Waals surface area (Å²) < 4.78 is 18.1. The molecule has 0 aliphatic rings. The summed E-state index contributed by atoms with van der Waals surface area (Å²) >= 11 is 1.50. The predicted molar refractivity (Wildman–Crippen MR) is 111 cm³/mol. The average molecular weight is 411 g/mol. The highest BCUT2D eigenvalue weighted by molar-refractivity contribution is 7.15. The van der Waals surface area contributed by atoms with Crippen LogP contribution in [0.25, 0.3) is 16.2 Å². The summed E-state index contributed by atoms with van der Waals surface area (Å²) in [5.74, 6) is 2.82. The summed E-state index contributed by atoms with van der Waals surface area (Å²) in [7, 11) is 3.21. The molecule has 0 bridgehead atoms. The van der Waals surface area contributed by atoms with Crippen LogP contribution in [-0.4, -0.2) is 29.5 Å². The Morgan fingerprint density at radius 2 is 2.03 bits per heavy atom. The Kier molecular flexibility index (Phi) is 5.26. The molecule has 0 saturated heterocycles. The van der Waals surface area contributed by atoms with E-state index in [1.54, 1.807) is 14.2 Å². The minimum atomic E-state index is -0.0693. The van der Waals surface area contributed by atoms with Crippen LogP contribution in [0.1, 0.15) is 17.2 Å². The van der Waals surface area contributed by atoms with Gasteiger partial charge in [-0.15, -0.1) is 11.3 Å². The topological polar surface area (TPSA) is 78.0 Å². The second kappa shape index (κ2) is 8.00. The maximum atomic E-state index is 12.4. The van der Waals surface area contributed by atoms with Gasteiger partial charge in [-0.2, -0.15) is 0 Å². The number of aryl methyl sites for hydroxylation is 1. The average Bonchev–Trinajstić information content (AvgIpc) is 3.43. The fraction of sp³-hybridized carbons (Fsp3) is 0.238. The summed E-state index contributed by atoms with van der Waals surface area (Å²) in [5, 5.41) is 4.84. The van der Waals surface area contributed by atoms with E-state index in [4.69, 9.17) is 13.9 Å². The van der Waals surface area contributed by atoms with E-state index < -0.39 is 0 Å². The SMILES string of the molecule is COc1ccc(-c2cn3c(CC(=O)NCc4ccc(C)o4)csc3n2)cc1OC. The molecule has 1 N–H and O–H groups in total. The van der Waals surface area contributed by atoms with E-state index in [0.29, 0.717) is 18.0 Å². The molecule has 0 aliphatic carbocycles. The standard InChI is InChI=1S/C21H21N3O4S/c1-13-4-6-16(28-13)10-22-20(25)9-15-12-29-21-23-17(11-24(15)21)14-5-7-18(26-2)19(8-14)27-3/h4-8,11-12H,9-10H2,1-3H3,(H,22,25). The molecule has 150 valence electrons. The van der Waals surface area contributed by atoms with Crippen molar-refractivity contribution in [3.05, 3.63) is 59.1 Å². The van der Waals surface area contributed by atoms with Crippen LogP contribution >= 0.6 is 11.3 Å². The highest BCUT2D eigenvalue weighted by Crippen LogP contribution is 2.32. The summed E-state index contributed by atoms with van der Waals surface area (Å²) in [5.41, 5.74) is 2.62. The summed E-state index contributed by atoms with van der Waals surface area (Å²) in [6, 6.07) is 9.43. The van der Waals surface area contributed by atoms with E-state index in [1.807, 2.05) is 53.2 Å². The van der Waals surface area contributed by atoms with E-state index in [-0.39, 0.29) is 12.3 Å². The van der Waals surface area contributed by atoms with Gasteiger partial charge in [-0.05, 0) is 37.3 Å². The van der Waals surface area contributed by atoms with Crippen molar-refractivity contribution >= 4 is 22.2 Å². The molecular formula is C21H21N3O4S. The van der Waals surface area contributed by atoms with E-state index >= 15 is 0 Å². The number of ether oxygens (including phenoxy) is 2. The monoisotopic (exact) mass is 411 g/mol. The van der Waals surface area contributed by atoms with Gasteiger partial charge in [0.25, 0.3) is 0 Å². The minimum absolute atomic E-state index is 0.0693. The number of benzene rings is 1. The number of nitrogens with zero attached hydrogens (tertiary/aromatic N) is 2. The van der Waals surface area contributed by atoms with Gasteiger partial charge in [-0.1, -0.05) is 0 Å². The first-order valence-electron chi connectivity index (χ1n) is 9.07. The lowest BCUT2D eigenvalue weighted by Gasteiger charge is -2.08. The van der Waals surface area contributed by atoms with Gasteiger partial charge in [-0.3, -0.25) is 9.20 Å². The lowest BCUT2D eigenvalue weighted by atomic mass is 10.1. The smallest absolute Gasteiger partial charge is 0.226 e. The lowest BCUT2D eigenvalue weighted by molar-refractivity contribution is -0.120. The molecule has 0 saturated carbocycles. The second-order valence-electron chi connectivity index (χ2n) is 6.54. The number of hydrogen-bond donors (Lipinski definition) is 1. The van der Waals surface area contributed by atoms with Gasteiger partial charge in [0.2, 0.25) is 5.91 Å². The van der Waals surface area contributed by atoms with Crippen LogP contribution in [0, 0.1) is 6.92 Å². The summed E-state index contributed by atoms with van der Waals surface area (Å²) in [6.45, 7) is 2.25. The Balaban J connectivity index is 1.50. The zero-order valence-electron chi connectivity index (χ0n) is 16.4. The number of amides is 1. The van der Waals surface area contributed by atoms with Crippen LogP contribution in [-0.2, 0) is 17.8 Å². The molecule has 8 heteroatoms. The van der Waals surface area contributed by atoms with E-state index in [9.17, 15) is 4.79 Å². The van der Waals surface area contributed by atoms with Crippen molar-refractivity contribution in [1.82, 2.24) is 14.7 Å². The van der Waals surface area contributed by atoms with Crippen molar-refractivity contribution in [3.63, 3.8) is 0 Å². The quantitative estimate of drug-likeness (QED) is 0.500. The van der Waals surface area contributed by atoms with Gasteiger partial charge in [0, 0.05) is 22.8 Å².